The minimum Gasteiger partial charge on any atom is -0.490 e. The van der Waals surface area contributed by atoms with Crippen LogP contribution in [-0.2, 0) is 9.53 Å². The van der Waals surface area contributed by atoms with E-state index in [0.717, 1.165) is 6.08 Å². The van der Waals surface area contributed by atoms with Crippen LogP contribution in [0.2, 0.25) is 0 Å². The van der Waals surface area contributed by atoms with Gasteiger partial charge < -0.3 is 25.7 Å². The highest BCUT2D eigenvalue weighted by Crippen LogP contribution is 2.16. The van der Waals surface area contributed by atoms with Crippen LogP contribution in [0, 0.1) is 0 Å². The number of carbonyl (C=O) groups is 1. The highest BCUT2D eigenvalue weighted by atomic mass is 16.6. The highest BCUT2D eigenvalue weighted by Gasteiger charge is 2.15. The Morgan fingerprint density at radius 1 is 0.917 bits per heavy atom. The molecule has 126 valence electrons. The van der Waals surface area contributed by atoms with Gasteiger partial charge in [-0.2, -0.15) is 0 Å². The van der Waals surface area contributed by atoms with Gasteiger partial charge in [-0.3, -0.25) is 0 Å². The fraction of sp³-hybridized carbons (Fsp3) is 0.167. The van der Waals surface area contributed by atoms with Gasteiger partial charge in [0.1, 0.15) is 24.7 Å². The van der Waals surface area contributed by atoms with Crippen molar-refractivity contribution in [1.82, 2.24) is 0 Å². The molecule has 0 aromatic heterocycles. The molecule has 0 fully saturated rings. The van der Waals surface area contributed by atoms with E-state index >= 15 is 0 Å². The summed E-state index contributed by atoms with van der Waals surface area (Å²) < 4.78 is 16.5. The molecular formula is C18H20N2O4. The number of hydrogen-bond donors (Lipinski definition) is 2. The largest absolute Gasteiger partial charge is 0.490 e. The maximum atomic E-state index is 11.4. The quantitative estimate of drug-likeness (QED) is 0.439. The van der Waals surface area contributed by atoms with Crippen LogP contribution in [-0.4, -0.2) is 25.3 Å². The van der Waals surface area contributed by atoms with Crippen molar-refractivity contribution in [2.24, 2.45) is 0 Å². The van der Waals surface area contributed by atoms with Gasteiger partial charge in [0.05, 0.1) is 0 Å². The maximum absolute atomic E-state index is 11.4. The summed E-state index contributed by atoms with van der Waals surface area (Å²) >= 11 is 0. The Morgan fingerprint density at radius 2 is 1.33 bits per heavy atom. The average Bonchev–Trinajstić information content (AvgIpc) is 2.60. The third-order valence-corrected chi connectivity index (χ3v) is 3.08. The van der Waals surface area contributed by atoms with Crippen molar-refractivity contribution in [1.29, 1.82) is 0 Å². The van der Waals surface area contributed by atoms with E-state index in [1.807, 2.05) is 0 Å². The van der Waals surface area contributed by atoms with Crippen LogP contribution < -0.4 is 20.9 Å². The van der Waals surface area contributed by atoms with E-state index in [1.165, 1.54) is 0 Å². The Bertz CT molecular complexity index is 619. The first-order valence-electron chi connectivity index (χ1n) is 7.36. The summed E-state index contributed by atoms with van der Waals surface area (Å²) in [6, 6.07) is 13.9. The van der Waals surface area contributed by atoms with Crippen LogP contribution in [0.25, 0.3) is 0 Å². The molecule has 24 heavy (non-hydrogen) atoms. The molecule has 2 aromatic rings. The number of esters is 1. The molecule has 0 atom stereocenters. The predicted octanol–water partition coefficient (Wildman–Crippen LogP) is 2.41. The Morgan fingerprint density at radius 3 is 1.71 bits per heavy atom. The van der Waals surface area contributed by atoms with Gasteiger partial charge in [0.2, 0.25) is 0 Å². The highest BCUT2D eigenvalue weighted by molar-refractivity contribution is 5.81. The molecule has 0 aliphatic carbocycles. The summed E-state index contributed by atoms with van der Waals surface area (Å²) in [6.07, 6.45) is 0.505. The SMILES string of the molecule is C=CC(=O)OC(COc1ccc(N)cc1)COc1ccc(N)cc1. The van der Waals surface area contributed by atoms with Crippen LogP contribution in [0.3, 0.4) is 0 Å². The number of anilines is 2. The number of hydrogen-bond acceptors (Lipinski definition) is 6. The monoisotopic (exact) mass is 328 g/mol. The molecule has 0 spiro atoms. The second kappa shape index (κ2) is 8.47. The van der Waals surface area contributed by atoms with Gasteiger partial charge in [-0.25, -0.2) is 4.79 Å². The first kappa shape index (κ1) is 17.2. The Kier molecular flexibility index (Phi) is 6.08. The number of nitrogen functional groups attached to an aromatic ring is 2. The molecule has 6 heteroatoms. The van der Waals surface area contributed by atoms with Crippen molar-refractivity contribution in [3.63, 3.8) is 0 Å². The molecule has 0 bridgehead atoms. The summed E-state index contributed by atoms with van der Waals surface area (Å²) in [4.78, 5) is 11.4. The van der Waals surface area contributed by atoms with Crippen LogP contribution in [0.1, 0.15) is 0 Å². The van der Waals surface area contributed by atoms with E-state index in [4.69, 9.17) is 25.7 Å². The molecule has 0 amide bonds. The first-order chi connectivity index (χ1) is 11.6. The van der Waals surface area contributed by atoms with E-state index in [-0.39, 0.29) is 13.2 Å². The summed E-state index contributed by atoms with van der Waals surface area (Å²) in [6.45, 7) is 3.66. The number of nitrogens with two attached hydrogens (primary N) is 2. The van der Waals surface area contributed by atoms with E-state index in [0.29, 0.717) is 22.9 Å². The van der Waals surface area contributed by atoms with Crippen LogP contribution in [0.4, 0.5) is 11.4 Å². The van der Waals surface area contributed by atoms with Crippen molar-refractivity contribution in [3.8, 4) is 11.5 Å². The topological polar surface area (TPSA) is 96.8 Å². The maximum Gasteiger partial charge on any atom is 0.330 e. The Labute approximate surface area is 140 Å². The summed E-state index contributed by atoms with van der Waals surface area (Å²) in [7, 11) is 0. The molecule has 0 radical (unpaired) electrons. The van der Waals surface area contributed by atoms with Gasteiger partial charge in [-0.15, -0.1) is 0 Å². The first-order valence-corrected chi connectivity index (χ1v) is 7.36. The third kappa shape index (κ3) is 5.57. The van der Waals surface area contributed by atoms with E-state index in [9.17, 15) is 4.79 Å². The minimum atomic E-state index is -0.592. The molecule has 0 unspecified atom stereocenters. The third-order valence-electron chi connectivity index (χ3n) is 3.08. The Balaban J connectivity index is 1.92. The number of carbonyl (C=O) groups excluding carboxylic acids is 1. The molecule has 0 aliphatic heterocycles. The molecule has 0 heterocycles. The lowest BCUT2D eigenvalue weighted by Gasteiger charge is -2.18. The zero-order chi connectivity index (χ0) is 17.4. The van der Waals surface area contributed by atoms with Crippen molar-refractivity contribution in [2.75, 3.05) is 24.7 Å². The number of rotatable bonds is 8. The molecule has 0 aliphatic rings. The van der Waals surface area contributed by atoms with Crippen LogP contribution in [0.5, 0.6) is 11.5 Å². The zero-order valence-electron chi connectivity index (χ0n) is 13.2. The van der Waals surface area contributed by atoms with Crippen LogP contribution in [0.15, 0.2) is 61.2 Å². The lowest BCUT2D eigenvalue weighted by Crippen LogP contribution is -2.30. The molecule has 2 aromatic carbocycles. The van der Waals surface area contributed by atoms with E-state index < -0.39 is 12.1 Å². The van der Waals surface area contributed by atoms with Crippen molar-refractivity contribution in [2.45, 2.75) is 6.10 Å². The van der Waals surface area contributed by atoms with Crippen molar-refractivity contribution < 1.29 is 19.0 Å². The second-order valence-electron chi connectivity index (χ2n) is 5.02. The smallest absolute Gasteiger partial charge is 0.330 e. The second-order valence-corrected chi connectivity index (χ2v) is 5.02. The predicted molar refractivity (Wildman–Crippen MR) is 92.8 cm³/mol. The lowest BCUT2D eigenvalue weighted by molar-refractivity contribution is -0.146. The van der Waals surface area contributed by atoms with E-state index in [2.05, 4.69) is 6.58 Å². The molecule has 4 N–H and O–H groups in total. The van der Waals surface area contributed by atoms with Gasteiger partial charge in [-0.1, -0.05) is 6.58 Å². The standard InChI is InChI=1S/C18H20N2O4/c1-2-18(21)24-17(11-22-15-7-3-13(19)4-8-15)12-23-16-9-5-14(20)6-10-16/h2-10,17H,1,11-12,19-20H2. The lowest BCUT2D eigenvalue weighted by atomic mass is 10.3. The van der Waals surface area contributed by atoms with Crippen molar-refractivity contribution >= 4 is 17.3 Å². The minimum absolute atomic E-state index is 0.137. The molecular weight excluding hydrogens is 308 g/mol. The fourth-order valence-corrected chi connectivity index (χ4v) is 1.83. The van der Waals surface area contributed by atoms with Gasteiger partial charge in [-0.05, 0) is 48.5 Å². The zero-order valence-corrected chi connectivity index (χ0v) is 13.2. The van der Waals surface area contributed by atoms with Crippen LogP contribution >= 0.6 is 0 Å². The number of ether oxygens (including phenoxy) is 3. The average molecular weight is 328 g/mol. The summed E-state index contributed by atoms with van der Waals surface area (Å²) in [5, 5.41) is 0. The molecule has 0 saturated carbocycles. The van der Waals surface area contributed by atoms with Crippen molar-refractivity contribution in [3.05, 3.63) is 61.2 Å². The summed E-state index contributed by atoms with van der Waals surface area (Å²) in [5.41, 5.74) is 12.5. The van der Waals surface area contributed by atoms with E-state index in [1.54, 1.807) is 48.5 Å². The van der Waals surface area contributed by atoms with Gasteiger partial charge in [0.15, 0.2) is 6.10 Å². The molecule has 6 nitrogen and oxygen atoms in total. The fourth-order valence-electron chi connectivity index (χ4n) is 1.83. The van der Waals surface area contributed by atoms with Gasteiger partial charge in [0.25, 0.3) is 0 Å². The number of benzene rings is 2. The van der Waals surface area contributed by atoms with Gasteiger partial charge in [0, 0.05) is 17.5 Å². The molecule has 0 saturated heterocycles. The summed E-state index contributed by atoms with van der Waals surface area (Å²) in [5.74, 6) is 0.703. The Hall–Kier alpha value is -3.15. The van der Waals surface area contributed by atoms with Gasteiger partial charge >= 0.3 is 5.97 Å². The molecule has 2 rings (SSSR count). The normalized spacial score (nSPS) is 10.2.